The highest BCUT2D eigenvalue weighted by atomic mass is 16.7. The Hall–Kier alpha value is -2.64. The lowest BCUT2D eigenvalue weighted by atomic mass is 9.92. The van der Waals surface area contributed by atoms with E-state index in [1.807, 2.05) is 6.92 Å². The zero-order valence-corrected chi connectivity index (χ0v) is 14.0. The molecule has 0 aliphatic carbocycles. The summed E-state index contributed by atoms with van der Waals surface area (Å²) in [7, 11) is 3.06. The molecule has 8 nitrogen and oxygen atoms in total. The summed E-state index contributed by atoms with van der Waals surface area (Å²) in [6, 6.07) is 1.75. The molecule has 0 fully saturated rings. The Bertz CT molecular complexity index is 685. The number of benzene rings is 1. The highest BCUT2D eigenvalue weighted by Gasteiger charge is 2.40. The number of carbonyl (C=O) groups excluding carboxylic acids is 1. The maximum Gasteiger partial charge on any atom is 0.356 e. The van der Waals surface area contributed by atoms with Gasteiger partial charge in [0.2, 0.25) is 18.3 Å². The van der Waals surface area contributed by atoms with Crippen LogP contribution in [0.2, 0.25) is 0 Å². The van der Waals surface area contributed by atoms with E-state index in [1.165, 1.54) is 14.2 Å². The lowest BCUT2D eigenvalue weighted by molar-refractivity contribution is -0.135. The molecule has 1 aromatic carbocycles. The summed E-state index contributed by atoms with van der Waals surface area (Å²) in [6.07, 6.45) is -0.525. The molecule has 1 aromatic rings. The normalized spacial score (nSPS) is 21.1. The van der Waals surface area contributed by atoms with Crippen LogP contribution < -0.4 is 18.9 Å². The smallest absolute Gasteiger partial charge is 0.356 e. The third-order valence-corrected chi connectivity index (χ3v) is 3.96. The fraction of sp³-hybridized carbons (Fsp3) is 0.500. The second kappa shape index (κ2) is 6.46. The van der Waals surface area contributed by atoms with Gasteiger partial charge in [-0.2, -0.15) is 0 Å². The Kier molecular flexibility index (Phi) is 4.37. The second-order valence-corrected chi connectivity index (χ2v) is 5.28. The van der Waals surface area contributed by atoms with Crippen LogP contribution in [0.3, 0.4) is 0 Å². The van der Waals surface area contributed by atoms with Gasteiger partial charge in [-0.3, -0.25) is 0 Å². The predicted octanol–water partition coefficient (Wildman–Crippen LogP) is 2.06. The molecule has 2 atom stereocenters. The van der Waals surface area contributed by atoms with E-state index < -0.39 is 12.1 Å². The first-order chi connectivity index (χ1) is 11.6. The minimum Gasteiger partial charge on any atom is -0.493 e. The van der Waals surface area contributed by atoms with Crippen molar-refractivity contribution < 1.29 is 33.3 Å². The zero-order chi connectivity index (χ0) is 17.3. The number of ether oxygens (including phenoxy) is 5. The molecule has 2 aliphatic rings. The molecule has 2 aliphatic heterocycles. The minimum absolute atomic E-state index is 0.0805. The highest BCUT2D eigenvalue weighted by Crippen LogP contribution is 2.53. The first kappa shape index (κ1) is 16.2. The number of oxime groups is 1. The zero-order valence-electron chi connectivity index (χ0n) is 14.0. The van der Waals surface area contributed by atoms with Crippen LogP contribution >= 0.6 is 0 Å². The Balaban J connectivity index is 1.97. The quantitative estimate of drug-likeness (QED) is 0.760. The number of hydrogen-bond donors (Lipinski definition) is 0. The van der Waals surface area contributed by atoms with Crippen molar-refractivity contribution in [3.8, 4) is 23.0 Å². The maximum absolute atomic E-state index is 12.0. The molecule has 2 heterocycles. The fourth-order valence-corrected chi connectivity index (χ4v) is 2.79. The van der Waals surface area contributed by atoms with Crippen LogP contribution in [0.4, 0.5) is 0 Å². The molecule has 8 heteroatoms. The number of esters is 1. The predicted molar refractivity (Wildman–Crippen MR) is 82.7 cm³/mol. The van der Waals surface area contributed by atoms with Gasteiger partial charge in [-0.25, -0.2) is 4.79 Å². The van der Waals surface area contributed by atoms with Gasteiger partial charge in [-0.05, 0) is 13.0 Å². The van der Waals surface area contributed by atoms with E-state index in [-0.39, 0.29) is 25.0 Å². The highest BCUT2D eigenvalue weighted by molar-refractivity contribution is 6.37. The van der Waals surface area contributed by atoms with Gasteiger partial charge in [0.15, 0.2) is 23.3 Å². The van der Waals surface area contributed by atoms with E-state index in [0.717, 1.165) is 0 Å². The number of hydrogen-bond acceptors (Lipinski definition) is 8. The molecular formula is C16H19NO7. The molecular weight excluding hydrogens is 318 g/mol. The summed E-state index contributed by atoms with van der Waals surface area (Å²) in [5.74, 6) is 1.10. The minimum atomic E-state index is -0.525. The molecule has 0 bridgehead atoms. The monoisotopic (exact) mass is 337 g/mol. The number of carbonyl (C=O) groups is 1. The van der Waals surface area contributed by atoms with Crippen molar-refractivity contribution in [1.82, 2.24) is 0 Å². The van der Waals surface area contributed by atoms with Crippen LogP contribution in [0.5, 0.6) is 23.0 Å². The molecule has 0 amide bonds. The van der Waals surface area contributed by atoms with Crippen molar-refractivity contribution in [3.05, 3.63) is 11.6 Å². The van der Waals surface area contributed by atoms with Crippen LogP contribution in [-0.2, 0) is 14.4 Å². The van der Waals surface area contributed by atoms with E-state index in [2.05, 4.69) is 5.16 Å². The molecule has 130 valence electrons. The lowest BCUT2D eigenvalue weighted by Crippen LogP contribution is -2.24. The van der Waals surface area contributed by atoms with Crippen molar-refractivity contribution in [2.75, 3.05) is 27.6 Å². The van der Waals surface area contributed by atoms with Gasteiger partial charge in [0.05, 0.1) is 26.7 Å². The largest absolute Gasteiger partial charge is 0.493 e. The molecule has 24 heavy (non-hydrogen) atoms. The Labute approximate surface area is 139 Å². The Morgan fingerprint density at radius 2 is 2.04 bits per heavy atom. The number of fused-ring (bicyclic) bond motifs is 1. The van der Waals surface area contributed by atoms with Crippen molar-refractivity contribution in [3.63, 3.8) is 0 Å². The third kappa shape index (κ3) is 2.47. The number of nitrogens with zero attached hydrogens (tertiary/aromatic N) is 1. The van der Waals surface area contributed by atoms with Crippen LogP contribution in [0.25, 0.3) is 0 Å². The van der Waals surface area contributed by atoms with Crippen LogP contribution in [0.1, 0.15) is 25.5 Å². The van der Waals surface area contributed by atoms with Crippen LogP contribution in [-0.4, -0.2) is 39.3 Å². The van der Waals surface area contributed by atoms with Gasteiger partial charge >= 0.3 is 5.97 Å². The van der Waals surface area contributed by atoms with E-state index in [4.69, 9.17) is 28.5 Å². The van der Waals surface area contributed by atoms with E-state index in [1.54, 1.807) is 13.0 Å². The third-order valence-electron chi connectivity index (χ3n) is 3.96. The first-order valence-corrected chi connectivity index (χ1v) is 7.57. The van der Waals surface area contributed by atoms with Gasteiger partial charge in [-0.1, -0.05) is 12.1 Å². The average molecular weight is 337 g/mol. The SMILES string of the molecule is CCOC(=O)C1=NO[C@H](c2cc(OC)c3c(c2OC)OCO3)[C@@H]1C. The lowest BCUT2D eigenvalue weighted by Gasteiger charge is -2.19. The van der Waals surface area contributed by atoms with Crippen LogP contribution in [0.15, 0.2) is 11.2 Å². The summed E-state index contributed by atoms with van der Waals surface area (Å²) in [4.78, 5) is 17.5. The van der Waals surface area contributed by atoms with Crippen molar-refractivity contribution >= 4 is 11.7 Å². The molecule has 0 aromatic heterocycles. The average Bonchev–Trinajstić information content (AvgIpc) is 3.20. The summed E-state index contributed by atoms with van der Waals surface area (Å²) in [6.45, 7) is 3.93. The molecule has 3 rings (SSSR count). The summed E-state index contributed by atoms with van der Waals surface area (Å²) in [5.41, 5.74) is 0.898. The molecule has 0 saturated heterocycles. The number of methoxy groups -OCH3 is 2. The van der Waals surface area contributed by atoms with E-state index >= 15 is 0 Å². The Morgan fingerprint density at radius 3 is 2.71 bits per heavy atom. The Morgan fingerprint density at radius 1 is 1.29 bits per heavy atom. The van der Waals surface area contributed by atoms with Crippen LogP contribution in [0, 0.1) is 5.92 Å². The summed E-state index contributed by atoms with van der Waals surface area (Å²) in [5, 5.41) is 3.89. The second-order valence-electron chi connectivity index (χ2n) is 5.28. The van der Waals surface area contributed by atoms with Crippen molar-refractivity contribution in [2.45, 2.75) is 20.0 Å². The summed E-state index contributed by atoms with van der Waals surface area (Å²) >= 11 is 0. The number of rotatable bonds is 5. The van der Waals surface area contributed by atoms with Gasteiger partial charge in [-0.15, -0.1) is 0 Å². The molecule has 0 saturated carbocycles. The van der Waals surface area contributed by atoms with Crippen molar-refractivity contribution in [2.24, 2.45) is 11.1 Å². The van der Waals surface area contributed by atoms with Gasteiger partial charge in [0.25, 0.3) is 0 Å². The van der Waals surface area contributed by atoms with Gasteiger partial charge < -0.3 is 28.5 Å². The molecule has 0 radical (unpaired) electrons. The summed E-state index contributed by atoms with van der Waals surface area (Å²) < 4.78 is 26.8. The molecule has 0 spiro atoms. The van der Waals surface area contributed by atoms with Gasteiger partial charge in [0, 0.05) is 5.56 Å². The topological polar surface area (TPSA) is 84.8 Å². The molecule has 0 unspecified atom stereocenters. The van der Waals surface area contributed by atoms with E-state index in [0.29, 0.717) is 28.6 Å². The molecule has 0 N–H and O–H groups in total. The van der Waals surface area contributed by atoms with E-state index in [9.17, 15) is 4.79 Å². The maximum atomic E-state index is 12.0. The van der Waals surface area contributed by atoms with Crippen molar-refractivity contribution in [1.29, 1.82) is 0 Å². The fourth-order valence-electron chi connectivity index (χ4n) is 2.79. The first-order valence-electron chi connectivity index (χ1n) is 7.57. The standard InChI is InChI=1S/C16H19NO7/c1-5-21-16(18)11-8(2)12(24-17-11)9-6-10(19-3)14-15(13(9)20-4)23-7-22-14/h6,8,12H,5,7H2,1-4H3/t8-,12+/m1/s1. The van der Waals surface area contributed by atoms with Gasteiger partial charge in [0.1, 0.15) is 0 Å².